The Bertz CT molecular complexity index is 1250. The number of nitrogens with zero attached hydrogens (tertiary/aromatic N) is 3. The van der Waals surface area contributed by atoms with Gasteiger partial charge in [-0.15, -0.1) is 0 Å². The highest BCUT2D eigenvalue weighted by atomic mass is 16.2. The zero-order valence-electron chi connectivity index (χ0n) is 25.1. The average Bonchev–Trinajstić information content (AvgIpc) is 3.25. The first-order valence-corrected chi connectivity index (χ1v) is 14.3. The molecule has 0 aliphatic carbocycles. The molecule has 5 nitrogen and oxygen atoms in total. The van der Waals surface area contributed by atoms with Crippen LogP contribution in [0, 0.1) is 12.8 Å². The van der Waals surface area contributed by atoms with Crippen LogP contribution < -0.4 is 5.32 Å². The molecule has 210 valence electrons. The van der Waals surface area contributed by atoms with E-state index in [1.54, 1.807) is 0 Å². The fourth-order valence-corrected chi connectivity index (χ4v) is 4.14. The predicted molar refractivity (Wildman–Crippen MR) is 166 cm³/mol. The zero-order valence-corrected chi connectivity index (χ0v) is 25.1. The Morgan fingerprint density at radius 2 is 1.54 bits per heavy atom. The lowest BCUT2D eigenvalue weighted by atomic mass is 10.1. The van der Waals surface area contributed by atoms with Crippen molar-refractivity contribution in [2.24, 2.45) is 13.0 Å². The summed E-state index contributed by atoms with van der Waals surface area (Å²) in [6.45, 7) is 16.2. The van der Waals surface area contributed by atoms with E-state index in [9.17, 15) is 4.79 Å². The Morgan fingerprint density at radius 3 is 2.15 bits per heavy atom. The van der Waals surface area contributed by atoms with Gasteiger partial charge < -0.3 is 14.8 Å². The normalized spacial score (nSPS) is 10.5. The number of hydrogen-bond acceptors (Lipinski definition) is 3. The van der Waals surface area contributed by atoms with E-state index in [-0.39, 0.29) is 5.91 Å². The second kappa shape index (κ2) is 17.2. The lowest BCUT2D eigenvalue weighted by molar-refractivity contribution is 0.0717. The fraction of sp³-hybridized carbons (Fsp3) is 0.412. The number of carbonyl (C=O) groups is 1. The van der Waals surface area contributed by atoms with E-state index in [1.807, 2.05) is 60.5 Å². The molecule has 0 aliphatic rings. The molecule has 4 aromatic rings. The van der Waals surface area contributed by atoms with Gasteiger partial charge in [0.05, 0.1) is 17.6 Å². The van der Waals surface area contributed by atoms with Crippen LogP contribution in [0.3, 0.4) is 0 Å². The number of amides is 1. The predicted octanol–water partition coefficient (Wildman–Crippen LogP) is 7.78. The van der Waals surface area contributed by atoms with Gasteiger partial charge in [0.2, 0.25) is 0 Å². The summed E-state index contributed by atoms with van der Waals surface area (Å²) in [5.74, 6) is 1.35. The molecule has 0 unspecified atom stereocenters. The van der Waals surface area contributed by atoms with Gasteiger partial charge in [-0.1, -0.05) is 95.6 Å². The van der Waals surface area contributed by atoms with E-state index in [1.165, 1.54) is 24.0 Å². The number of aryl methyl sites for hydroxylation is 2. The average molecular weight is 529 g/mol. The highest BCUT2D eigenvalue weighted by Crippen LogP contribution is 2.17. The van der Waals surface area contributed by atoms with Crippen LogP contribution in [0.5, 0.6) is 0 Å². The van der Waals surface area contributed by atoms with Gasteiger partial charge in [0.25, 0.3) is 5.91 Å². The SMILES string of the molecule is CC(C)CN(Cc1nc2ccccc2n1C)C(=O)c1ccccc1.CCC.CCCNCc1ccccc1C. The third kappa shape index (κ3) is 10.3. The van der Waals surface area contributed by atoms with Gasteiger partial charge in [0.15, 0.2) is 0 Å². The molecule has 1 heterocycles. The summed E-state index contributed by atoms with van der Waals surface area (Å²) >= 11 is 0. The van der Waals surface area contributed by atoms with Crippen LogP contribution >= 0.6 is 0 Å². The van der Waals surface area contributed by atoms with Gasteiger partial charge in [-0.2, -0.15) is 0 Å². The van der Waals surface area contributed by atoms with E-state index < -0.39 is 0 Å². The molecule has 0 saturated carbocycles. The van der Waals surface area contributed by atoms with Crippen LogP contribution in [-0.4, -0.2) is 33.4 Å². The van der Waals surface area contributed by atoms with Crippen molar-refractivity contribution in [1.29, 1.82) is 0 Å². The smallest absolute Gasteiger partial charge is 0.254 e. The van der Waals surface area contributed by atoms with Crippen molar-refractivity contribution in [3.63, 3.8) is 0 Å². The molecule has 4 rings (SSSR count). The number of rotatable bonds is 9. The second-order valence-electron chi connectivity index (χ2n) is 10.3. The largest absolute Gasteiger partial charge is 0.331 e. The van der Waals surface area contributed by atoms with Gasteiger partial charge >= 0.3 is 0 Å². The van der Waals surface area contributed by atoms with E-state index in [0.29, 0.717) is 19.0 Å². The molecule has 0 atom stereocenters. The molecule has 1 N–H and O–H groups in total. The first kappa shape index (κ1) is 31.8. The minimum Gasteiger partial charge on any atom is -0.331 e. The molecule has 1 amide bonds. The minimum atomic E-state index is 0.0522. The highest BCUT2D eigenvalue weighted by Gasteiger charge is 2.19. The lowest BCUT2D eigenvalue weighted by Gasteiger charge is -2.24. The molecule has 1 aromatic heterocycles. The van der Waals surface area contributed by atoms with Gasteiger partial charge in [-0.3, -0.25) is 4.79 Å². The van der Waals surface area contributed by atoms with E-state index in [2.05, 4.69) is 81.8 Å². The zero-order chi connectivity index (χ0) is 28.6. The summed E-state index contributed by atoms with van der Waals surface area (Å²) in [5.41, 5.74) is 5.56. The molecule has 0 spiro atoms. The standard InChI is InChI=1S/C20H23N3O.C11H17N.C3H8/c1-15(2)13-23(20(24)16-9-5-4-6-10-16)14-19-21-17-11-7-8-12-18(17)22(19)3;1-3-8-12-9-11-7-5-4-6-10(11)2;1-3-2/h4-12,15H,13-14H2,1-3H3;4-7,12H,3,8-9H2,1-2H3;3H2,1-2H3. The summed E-state index contributed by atoms with van der Waals surface area (Å²) in [5, 5.41) is 3.39. The molecule has 0 bridgehead atoms. The molecule has 5 heteroatoms. The monoisotopic (exact) mass is 528 g/mol. The number of benzene rings is 3. The van der Waals surface area contributed by atoms with E-state index >= 15 is 0 Å². The van der Waals surface area contributed by atoms with Crippen molar-refractivity contribution in [2.45, 2.75) is 67.5 Å². The van der Waals surface area contributed by atoms with Crippen LogP contribution in [0.25, 0.3) is 11.0 Å². The minimum absolute atomic E-state index is 0.0522. The maximum atomic E-state index is 12.9. The number of hydrogen-bond donors (Lipinski definition) is 1. The fourth-order valence-electron chi connectivity index (χ4n) is 4.14. The van der Waals surface area contributed by atoms with Crippen molar-refractivity contribution in [3.8, 4) is 0 Å². The molecular weight excluding hydrogens is 480 g/mol. The molecule has 39 heavy (non-hydrogen) atoms. The molecule has 0 radical (unpaired) electrons. The van der Waals surface area contributed by atoms with Gasteiger partial charge in [0, 0.05) is 25.7 Å². The Kier molecular flexibility index (Phi) is 14.0. The van der Waals surface area contributed by atoms with Gasteiger partial charge in [-0.05, 0) is 61.2 Å². The Hall–Kier alpha value is -3.44. The number of fused-ring (bicyclic) bond motifs is 1. The Balaban J connectivity index is 0.000000298. The first-order valence-electron chi connectivity index (χ1n) is 14.3. The van der Waals surface area contributed by atoms with Crippen molar-refractivity contribution < 1.29 is 4.79 Å². The summed E-state index contributed by atoms with van der Waals surface area (Å²) in [7, 11) is 2.01. The Morgan fingerprint density at radius 1 is 0.923 bits per heavy atom. The molecular formula is C34H48N4O. The maximum Gasteiger partial charge on any atom is 0.254 e. The van der Waals surface area contributed by atoms with Crippen molar-refractivity contribution in [2.75, 3.05) is 13.1 Å². The van der Waals surface area contributed by atoms with Crippen LogP contribution in [0.1, 0.15) is 74.8 Å². The third-order valence-electron chi connectivity index (χ3n) is 6.11. The lowest BCUT2D eigenvalue weighted by Crippen LogP contribution is -2.34. The summed E-state index contributed by atoms with van der Waals surface area (Å²) in [4.78, 5) is 19.5. The number of para-hydroxylation sites is 2. The number of aromatic nitrogens is 2. The molecule has 3 aromatic carbocycles. The topological polar surface area (TPSA) is 50.2 Å². The summed E-state index contributed by atoms with van der Waals surface area (Å²) in [6, 6.07) is 26.0. The molecule has 0 saturated heterocycles. The van der Waals surface area contributed by atoms with Crippen molar-refractivity contribution in [1.82, 2.24) is 19.8 Å². The van der Waals surface area contributed by atoms with Crippen LogP contribution in [0.2, 0.25) is 0 Å². The maximum absolute atomic E-state index is 12.9. The summed E-state index contributed by atoms with van der Waals surface area (Å²) in [6.07, 6.45) is 2.45. The number of carbonyl (C=O) groups excluding carboxylic acids is 1. The second-order valence-corrected chi connectivity index (χ2v) is 10.3. The van der Waals surface area contributed by atoms with Crippen molar-refractivity contribution >= 4 is 16.9 Å². The third-order valence-corrected chi connectivity index (χ3v) is 6.11. The van der Waals surface area contributed by atoms with Crippen LogP contribution in [0.4, 0.5) is 0 Å². The quantitative estimate of drug-likeness (QED) is 0.226. The molecule has 0 fully saturated rings. The number of nitrogens with one attached hydrogen (secondary N) is 1. The highest BCUT2D eigenvalue weighted by molar-refractivity contribution is 5.94. The first-order chi connectivity index (χ1) is 18.8. The van der Waals surface area contributed by atoms with Crippen LogP contribution in [0.15, 0.2) is 78.9 Å². The van der Waals surface area contributed by atoms with Crippen molar-refractivity contribution in [3.05, 3.63) is 101 Å². The van der Waals surface area contributed by atoms with E-state index in [4.69, 9.17) is 4.98 Å². The Labute approximate surface area is 236 Å². The summed E-state index contributed by atoms with van der Waals surface area (Å²) < 4.78 is 2.07. The van der Waals surface area contributed by atoms with Crippen LogP contribution in [-0.2, 0) is 20.1 Å². The van der Waals surface area contributed by atoms with Gasteiger partial charge in [0.1, 0.15) is 5.82 Å². The molecule has 0 aliphatic heterocycles. The van der Waals surface area contributed by atoms with E-state index in [0.717, 1.165) is 35.5 Å². The number of imidazole rings is 1. The van der Waals surface area contributed by atoms with Gasteiger partial charge in [-0.25, -0.2) is 4.98 Å².